The van der Waals surface area contributed by atoms with Gasteiger partial charge in [-0.05, 0) is 24.1 Å². The van der Waals surface area contributed by atoms with E-state index in [2.05, 4.69) is 19.2 Å². The van der Waals surface area contributed by atoms with Crippen LogP contribution in [0.5, 0.6) is 0 Å². The van der Waals surface area contributed by atoms with Crippen molar-refractivity contribution >= 4 is 17.5 Å². The van der Waals surface area contributed by atoms with Crippen molar-refractivity contribution in [1.82, 2.24) is 5.32 Å². The SMILES string of the molecule is Cc1cc(CNC(C)C)ccc1N(CC(N)=O)CC(N)=O. The zero-order valence-corrected chi connectivity index (χ0v) is 12.8. The average molecular weight is 292 g/mol. The number of rotatable bonds is 8. The molecule has 0 aromatic heterocycles. The average Bonchev–Trinajstić information content (AvgIpc) is 2.34. The van der Waals surface area contributed by atoms with Crippen LogP contribution in [0.1, 0.15) is 25.0 Å². The molecular weight excluding hydrogens is 268 g/mol. The molecule has 0 heterocycles. The Labute approximate surface area is 125 Å². The van der Waals surface area contributed by atoms with Gasteiger partial charge in [-0.2, -0.15) is 0 Å². The Morgan fingerprint density at radius 2 is 1.76 bits per heavy atom. The third-order valence-corrected chi connectivity index (χ3v) is 3.01. The first-order valence-corrected chi connectivity index (χ1v) is 6.94. The molecule has 0 radical (unpaired) electrons. The molecule has 1 rings (SSSR count). The summed E-state index contributed by atoms with van der Waals surface area (Å²) < 4.78 is 0. The molecular formula is C15H24N4O2. The van der Waals surface area contributed by atoms with Crippen molar-refractivity contribution in [3.63, 3.8) is 0 Å². The Bertz CT molecular complexity index is 498. The standard InChI is InChI=1S/C15H24N4O2/c1-10(2)18-7-12-4-5-13(11(3)6-12)19(8-14(16)20)9-15(17)21/h4-6,10,18H,7-9H2,1-3H3,(H2,16,20)(H2,17,21). The number of carbonyl (C=O) groups excluding carboxylic acids is 2. The van der Waals surface area contributed by atoms with Crippen LogP contribution in [0.2, 0.25) is 0 Å². The number of aryl methyl sites for hydroxylation is 1. The van der Waals surface area contributed by atoms with Gasteiger partial charge in [0.15, 0.2) is 0 Å². The quantitative estimate of drug-likeness (QED) is 0.640. The summed E-state index contributed by atoms with van der Waals surface area (Å²) in [6.45, 7) is 6.81. The van der Waals surface area contributed by atoms with Crippen LogP contribution in [0.3, 0.4) is 0 Å². The van der Waals surface area contributed by atoms with Gasteiger partial charge < -0.3 is 21.7 Å². The second-order valence-electron chi connectivity index (χ2n) is 5.45. The van der Waals surface area contributed by atoms with Crippen LogP contribution in [0.25, 0.3) is 0 Å². The van der Waals surface area contributed by atoms with Gasteiger partial charge in [0.05, 0.1) is 13.1 Å². The van der Waals surface area contributed by atoms with Crippen LogP contribution in [-0.4, -0.2) is 30.9 Å². The molecule has 6 nitrogen and oxygen atoms in total. The number of nitrogens with one attached hydrogen (secondary N) is 1. The summed E-state index contributed by atoms with van der Waals surface area (Å²) in [6, 6.07) is 6.29. The van der Waals surface area contributed by atoms with Gasteiger partial charge in [0.2, 0.25) is 11.8 Å². The van der Waals surface area contributed by atoms with Crippen LogP contribution in [0.4, 0.5) is 5.69 Å². The van der Waals surface area contributed by atoms with Gasteiger partial charge in [0.1, 0.15) is 0 Å². The number of carbonyl (C=O) groups is 2. The highest BCUT2D eigenvalue weighted by atomic mass is 16.2. The van der Waals surface area contributed by atoms with Crippen molar-refractivity contribution in [2.75, 3.05) is 18.0 Å². The molecule has 1 aromatic carbocycles. The van der Waals surface area contributed by atoms with Crippen molar-refractivity contribution in [3.05, 3.63) is 29.3 Å². The van der Waals surface area contributed by atoms with E-state index in [4.69, 9.17) is 11.5 Å². The minimum Gasteiger partial charge on any atom is -0.368 e. The van der Waals surface area contributed by atoms with Gasteiger partial charge in [-0.1, -0.05) is 26.0 Å². The normalized spacial score (nSPS) is 10.7. The summed E-state index contributed by atoms with van der Waals surface area (Å²) in [5.41, 5.74) is 13.4. The summed E-state index contributed by atoms with van der Waals surface area (Å²) in [6.07, 6.45) is 0. The Kier molecular flexibility index (Phi) is 6.17. The fourth-order valence-corrected chi connectivity index (χ4v) is 2.11. The van der Waals surface area contributed by atoms with Gasteiger partial charge in [0.25, 0.3) is 0 Å². The predicted octanol–water partition coefficient (Wildman–Crippen LogP) is 0.270. The van der Waals surface area contributed by atoms with E-state index in [1.807, 2.05) is 25.1 Å². The summed E-state index contributed by atoms with van der Waals surface area (Å²) >= 11 is 0. The van der Waals surface area contributed by atoms with E-state index in [9.17, 15) is 9.59 Å². The molecule has 0 aliphatic rings. The summed E-state index contributed by atoms with van der Waals surface area (Å²) in [5.74, 6) is -0.998. The fraction of sp³-hybridized carbons (Fsp3) is 0.467. The molecule has 0 bridgehead atoms. The first-order chi connectivity index (χ1) is 9.79. The Balaban J connectivity index is 2.93. The van der Waals surface area contributed by atoms with E-state index in [0.29, 0.717) is 6.04 Å². The molecule has 0 saturated heterocycles. The van der Waals surface area contributed by atoms with E-state index in [0.717, 1.165) is 23.4 Å². The largest absolute Gasteiger partial charge is 0.368 e. The Morgan fingerprint density at radius 1 is 1.19 bits per heavy atom. The van der Waals surface area contributed by atoms with E-state index in [1.54, 1.807) is 4.90 Å². The minimum atomic E-state index is -0.499. The van der Waals surface area contributed by atoms with Crippen LogP contribution in [0.15, 0.2) is 18.2 Å². The molecule has 2 amide bonds. The number of hydrogen-bond acceptors (Lipinski definition) is 4. The maximum Gasteiger partial charge on any atom is 0.236 e. The topological polar surface area (TPSA) is 101 Å². The van der Waals surface area contributed by atoms with Gasteiger partial charge in [0, 0.05) is 18.3 Å². The van der Waals surface area contributed by atoms with E-state index in [-0.39, 0.29) is 13.1 Å². The van der Waals surface area contributed by atoms with E-state index in [1.165, 1.54) is 0 Å². The fourth-order valence-electron chi connectivity index (χ4n) is 2.11. The molecule has 5 N–H and O–H groups in total. The lowest BCUT2D eigenvalue weighted by molar-refractivity contribution is -0.117. The number of nitrogens with zero attached hydrogens (tertiary/aromatic N) is 1. The van der Waals surface area contributed by atoms with Crippen molar-refractivity contribution in [3.8, 4) is 0 Å². The maximum atomic E-state index is 11.1. The summed E-state index contributed by atoms with van der Waals surface area (Å²) in [4.78, 5) is 23.9. The van der Waals surface area contributed by atoms with Crippen LogP contribution < -0.4 is 21.7 Å². The number of nitrogens with two attached hydrogens (primary N) is 2. The Hall–Kier alpha value is -2.08. The lowest BCUT2D eigenvalue weighted by Gasteiger charge is -2.24. The summed E-state index contributed by atoms with van der Waals surface area (Å²) in [7, 11) is 0. The van der Waals surface area contributed by atoms with Gasteiger partial charge in [-0.15, -0.1) is 0 Å². The van der Waals surface area contributed by atoms with Gasteiger partial charge >= 0.3 is 0 Å². The molecule has 6 heteroatoms. The highest BCUT2D eigenvalue weighted by molar-refractivity contribution is 5.85. The zero-order valence-electron chi connectivity index (χ0n) is 12.8. The molecule has 0 aliphatic carbocycles. The second kappa shape index (κ2) is 7.64. The molecule has 0 fully saturated rings. The number of hydrogen-bond donors (Lipinski definition) is 3. The van der Waals surface area contributed by atoms with Gasteiger partial charge in [-0.25, -0.2) is 0 Å². The highest BCUT2D eigenvalue weighted by Crippen LogP contribution is 2.21. The molecule has 116 valence electrons. The molecule has 21 heavy (non-hydrogen) atoms. The summed E-state index contributed by atoms with van der Waals surface area (Å²) in [5, 5.41) is 3.34. The first-order valence-electron chi connectivity index (χ1n) is 6.94. The van der Waals surface area contributed by atoms with Crippen LogP contribution in [-0.2, 0) is 16.1 Å². The minimum absolute atomic E-state index is 0.0344. The Morgan fingerprint density at radius 3 is 2.19 bits per heavy atom. The molecule has 0 unspecified atom stereocenters. The molecule has 0 aliphatic heterocycles. The maximum absolute atomic E-state index is 11.1. The molecule has 1 aromatic rings. The van der Waals surface area contributed by atoms with Crippen LogP contribution in [0, 0.1) is 6.92 Å². The van der Waals surface area contributed by atoms with Crippen molar-refractivity contribution < 1.29 is 9.59 Å². The van der Waals surface area contributed by atoms with Crippen LogP contribution >= 0.6 is 0 Å². The smallest absolute Gasteiger partial charge is 0.236 e. The molecule has 0 atom stereocenters. The van der Waals surface area contributed by atoms with Crippen molar-refractivity contribution in [2.24, 2.45) is 11.5 Å². The molecule has 0 saturated carbocycles. The lowest BCUT2D eigenvalue weighted by Crippen LogP contribution is -2.40. The van der Waals surface area contributed by atoms with Gasteiger partial charge in [-0.3, -0.25) is 9.59 Å². The number of primary amides is 2. The zero-order chi connectivity index (χ0) is 16.0. The van der Waals surface area contributed by atoms with Crippen molar-refractivity contribution in [1.29, 1.82) is 0 Å². The number of amides is 2. The van der Waals surface area contributed by atoms with Crippen molar-refractivity contribution in [2.45, 2.75) is 33.4 Å². The lowest BCUT2D eigenvalue weighted by atomic mass is 10.1. The first kappa shape index (κ1) is 17.0. The number of anilines is 1. The van der Waals surface area contributed by atoms with E-state index >= 15 is 0 Å². The van der Waals surface area contributed by atoms with E-state index < -0.39 is 11.8 Å². The highest BCUT2D eigenvalue weighted by Gasteiger charge is 2.14. The third-order valence-electron chi connectivity index (χ3n) is 3.01. The molecule has 0 spiro atoms. The number of benzene rings is 1. The monoisotopic (exact) mass is 292 g/mol. The predicted molar refractivity (Wildman–Crippen MR) is 83.8 cm³/mol. The third kappa shape index (κ3) is 5.83. The second-order valence-corrected chi connectivity index (χ2v) is 5.45.